The van der Waals surface area contributed by atoms with Crippen LogP contribution in [0.15, 0.2) is 24.4 Å². The molecule has 1 aromatic carbocycles. The van der Waals surface area contributed by atoms with Crippen LogP contribution in [0.25, 0.3) is 11.0 Å². The Balaban J connectivity index is 1.87. The van der Waals surface area contributed by atoms with E-state index >= 15 is 0 Å². The molecule has 0 aliphatic heterocycles. The zero-order valence-electron chi connectivity index (χ0n) is 15.0. The van der Waals surface area contributed by atoms with Crippen LogP contribution >= 0.6 is 0 Å². The molecule has 3 rings (SSSR count). The first-order valence-corrected chi connectivity index (χ1v) is 8.33. The number of hydrogen-bond acceptors (Lipinski definition) is 5. The maximum atomic E-state index is 10.6. The summed E-state index contributed by atoms with van der Waals surface area (Å²) in [6, 6.07) is 5.57. The lowest BCUT2D eigenvalue weighted by atomic mass is 10.1. The summed E-state index contributed by atoms with van der Waals surface area (Å²) in [5, 5.41) is 10.6. The number of imidazole rings is 1. The smallest absolute Gasteiger partial charge is 0.136 e. The van der Waals surface area contributed by atoms with Crippen LogP contribution in [0.2, 0.25) is 0 Å². The molecule has 0 fully saturated rings. The molecule has 0 spiro atoms. The van der Waals surface area contributed by atoms with E-state index < -0.39 is 6.10 Å². The van der Waals surface area contributed by atoms with Crippen molar-refractivity contribution in [3.63, 3.8) is 0 Å². The van der Waals surface area contributed by atoms with E-state index in [1.54, 1.807) is 13.3 Å². The molecule has 0 amide bonds. The van der Waals surface area contributed by atoms with Crippen molar-refractivity contribution in [2.24, 2.45) is 0 Å². The van der Waals surface area contributed by atoms with E-state index in [9.17, 15) is 5.11 Å². The summed E-state index contributed by atoms with van der Waals surface area (Å²) < 4.78 is 10.9. The number of nitrogens with one attached hydrogen (secondary N) is 1. The average Bonchev–Trinajstić information content (AvgIpc) is 3.04. The van der Waals surface area contributed by atoms with E-state index in [0.717, 1.165) is 39.4 Å². The molecule has 6 nitrogen and oxygen atoms in total. The molecule has 6 heteroatoms. The number of aliphatic hydroxyl groups excluding tert-OH is 1. The Labute approximate surface area is 146 Å². The van der Waals surface area contributed by atoms with Gasteiger partial charge in [-0.25, -0.2) is 4.98 Å². The van der Waals surface area contributed by atoms with Gasteiger partial charge in [-0.05, 0) is 32.9 Å². The standard InChI is InChI=1S/C19H23N3O3/c1-5-25-18-11(2)10-20-15(12(18)3)9-17(23)19-21-14-7-6-13(24-4)8-16(14)22-19/h6-8,10,17,23H,5,9H2,1-4H3,(H,21,22). The highest BCUT2D eigenvalue weighted by Crippen LogP contribution is 2.28. The normalized spacial score (nSPS) is 12.4. The van der Waals surface area contributed by atoms with Crippen molar-refractivity contribution in [2.45, 2.75) is 33.3 Å². The van der Waals surface area contributed by atoms with Crippen molar-refractivity contribution in [3.05, 3.63) is 47.0 Å². The van der Waals surface area contributed by atoms with Crippen molar-refractivity contribution >= 4 is 11.0 Å². The van der Waals surface area contributed by atoms with Crippen LogP contribution in [0.1, 0.15) is 35.7 Å². The molecule has 1 atom stereocenters. The van der Waals surface area contributed by atoms with Crippen LogP contribution in [0.3, 0.4) is 0 Å². The molecule has 0 aliphatic carbocycles. The molecule has 1 unspecified atom stereocenters. The van der Waals surface area contributed by atoms with Gasteiger partial charge in [0, 0.05) is 35.5 Å². The predicted molar refractivity (Wildman–Crippen MR) is 96.2 cm³/mol. The number of H-pyrrole nitrogens is 1. The third-order valence-corrected chi connectivity index (χ3v) is 4.24. The van der Waals surface area contributed by atoms with Crippen LogP contribution in [0.4, 0.5) is 0 Å². The van der Waals surface area contributed by atoms with Gasteiger partial charge in [-0.2, -0.15) is 0 Å². The molecule has 3 aromatic rings. The van der Waals surface area contributed by atoms with Crippen LogP contribution in [0, 0.1) is 13.8 Å². The highest BCUT2D eigenvalue weighted by atomic mass is 16.5. The van der Waals surface area contributed by atoms with Gasteiger partial charge in [0.1, 0.15) is 23.4 Å². The lowest BCUT2D eigenvalue weighted by Gasteiger charge is -2.15. The molecule has 25 heavy (non-hydrogen) atoms. The maximum Gasteiger partial charge on any atom is 0.136 e. The van der Waals surface area contributed by atoms with E-state index in [4.69, 9.17) is 9.47 Å². The Kier molecular flexibility index (Phi) is 4.90. The summed E-state index contributed by atoms with van der Waals surface area (Å²) in [6.07, 6.45) is 1.37. The lowest BCUT2D eigenvalue weighted by Crippen LogP contribution is -2.09. The van der Waals surface area contributed by atoms with Crippen molar-refractivity contribution in [1.82, 2.24) is 15.0 Å². The second kappa shape index (κ2) is 7.11. The Bertz CT molecular complexity index is 889. The van der Waals surface area contributed by atoms with Gasteiger partial charge >= 0.3 is 0 Å². The molecule has 0 aliphatic rings. The maximum absolute atomic E-state index is 10.6. The highest BCUT2D eigenvalue weighted by molar-refractivity contribution is 5.76. The number of aliphatic hydroxyl groups is 1. The van der Waals surface area contributed by atoms with Gasteiger partial charge in [-0.1, -0.05) is 0 Å². The molecule has 0 bridgehead atoms. The van der Waals surface area contributed by atoms with E-state index in [0.29, 0.717) is 18.9 Å². The summed E-state index contributed by atoms with van der Waals surface area (Å²) in [5.41, 5.74) is 4.38. The van der Waals surface area contributed by atoms with E-state index in [1.165, 1.54) is 0 Å². The van der Waals surface area contributed by atoms with Crippen molar-refractivity contribution in [2.75, 3.05) is 13.7 Å². The summed E-state index contributed by atoms with van der Waals surface area (Å²) in [4.78, 5) is 12.1. The van der Waals surface area contributed by atoms with Crippen molar-refractivity contribution in [1.29, 1.82) is 0 Å². The number of ether oxygens (including phenoxy) is 2. The minimum atomic E-state index is -0.776. The van der Waals surface area contributed by atoms with Crippen LogP contribution in [-0.4, -0.2) is 33.8 Å². The fraction of sp³-hybridized carbons (Fsp3) is 0.368. The van der Waals surface area contributed by atoms with Gasteiger partial charge in [-0.3, -0.25) is 4.98 Å². The number of fused-ring (bicyclic) bond motifs is 1. The van der Waals surface area contributed by atoms with Crippen molar-refractivity contribution < 1.29 is 14.6 Å². The SMILES string of the molecule is CCOc1c(C)cnc(CC(O)c2nc3ccc(OC)cc3[nH]2)c1C. The predicted octanol–water partition coefficient (Wildman–Crippen LogP) is 3.26. The fourth-order valence-corrected chi connectivity index (χ4v) is 2.90. The highest BCUT2D eigenvalue weighted by Gasteiger charge is 2.18. The minimum Gasteiger partial charge on any atom is -0.497 e. The first-order valence-electron chi connectivity index (χ1n) is 8.33. The first kappa shape index (κ1) is 17.2. The van der Waals surface area contributed by atoms with Gasteiger partial charge in [0.25, 0.3) is 0 Å². The molecule has 2 aromatic heterocycles. The van der Waals surface area contributed by atoms with Gasteiger partial charge in [0.2, 0.25) is 0 Å². The summed E-state index contributed by atoms with van der Waals surface area (Å²) >= 11 is 0. The summed E-state index contributed by atoms with van der Waals surface area (Å²) in [6.45, 7) is 6.49. The molecule has 0 saturated heterocycles. The molecular weight excluding hydrogens is 318 g/mol. The number of aryl methyl sites for hydroxylation is 1. The monoisotopic (exact) mass is 341 g/mol. The summed E-state index contributed by atoms with van der Waals surface area (Å²) in [5.74, 6) is 2.10. The van der Waals surface area contributed by atoms with E-state index in [2.05, 4.69) is 15.0 Å². The zero-order valence-corrected chi connectivity index (χ0v) is 15.0. The quantitative estimate of drug-likeness (QED) is 0.719. The fourth-order valence-electron chi connectivity index (χ4n) is 2.90. The second-order valence-electron chi connectivity index (χ2n) is 6.00. The summed E-state index contributed by atoms with van der Waals surface area (Å²) in [7, 11) is 1.62. The van der Waals surface area contributed by atoms with Gasteiger partial charge < -0.3 is 19.6 Å². The third kappa shape index (κ3) is 3.44. The number of aromatic nitrogens is 3. The van der Waals surface area contributed by atoms with Gasteiger partial charge in [-0.15, -0.1) is 0 Å². The number of nitrogens with zero attached hydrogens (tertiary/aromatic N) is 2. The second-order valence-corrected chi connectivity index (χ2v) is 6.00. The number of aromatic amines is 1. The van der Waals surface area contributed by atoms with Crippen LogP contribution < -0.4 is 9.47 Å². The Morgan fingerprint density at radius 3 is 2.80 bits per heavy atom. The Hall–Kier alpha value is -2.60. The molecule has 0 saturated carbocycles. The van der Waals surface area contributed by atoms with E-state index in [1.807, 2.05) is 39.0 Å². The lowest BCUT2D eigenvalue weighted by molar-refractivity contribution is 0.168. The average molecular weight is 341 g/mol. The largest absolute Gasteiger partial charge is 0.497 e. The van der Waals surface area contributed by atoms with Crippen molar-refractivity contribution in [3.8, 4) is 11.5 Å². The minimum absolute atomic E-state index is 0.364. The number of hydrogen-bond donors (Lipinski definition) is 2. The zero-order chi connectivity index (χ0) is 18.0. The first-order chi connectivity index (χ1) is 12.0. The Morgan fingerprint density at radius 2 is 2.08 bits per heavy atom. The molecular formula is C19H23N3O3. The molecule has 0 radical (unpaired) electrons. The number of methoxy groups -OCH3 is 1. The number of rotatable bonds is 6. The van der Waals surface area contributed by atoms with Gasteiger partial charge in [0.15, 0.2) is 0 Å². The molecule has 132 valence electrons. The molecule has 2 N–H and O–H groups in total. The molecule has 2 heterocycles. The third-order valence-electron chi connectivity index (χ3n) is 4.24. The topological polar surface area (TPSA) is 80.3 Å². The number of benzene rings is 1. The van der Waals surface area contributed by atoms with Crippen LogP contribution in [0.5, 0.6) is 11.5 Å². The van der Waals surface area contributed by atoms with Gasteiger partial charge in [0.05, 0.1) is 24.8 Å². The Morgan fingerprint density at radius 1 is 1.28 bits per heavy atom. The van der Waals surface area contributed by atoms with Crippen LogP contribution in [-0.2, 0) is 6.42 Å². The van der Waals surface area contributed by atoms with E-state index in [-0.39, 0.29) is 0 Å². The number of pyridine rings is 1.